The van der Waals surface area contributed by atoms with E-state index < -0.39 is 0 Å². The number of carbonyl (C=O) groups excluding carboxylic acids is 2. The zero-order valence-corrected chi connectivity index (χ0v) is 13.3. The molecule has 0 spiro atoms. The van der Waals surface area contributed by atoms with Crippen LogP contribution in [-0.4, -0.2) is 78.2 Å². The highest BCUT2D eigenvalue weighted by molar-refractivity contribution is 5.91. The highest BCUT2D eigenvalue weighted by atomic mass is 16.3. The minimum absolute atomic E-state index is 0.0359. The first kappa shape index (κ1) is 14.9. The number of Topliss-reactive ketones (excluding diaryl/α,β-unsaturated/α-hetero) is 1. The van der Waals surface area contributed by atoms with Gasteiger partial charge in [0.1, 0.15) is 0 Å². The Morgan fingerprint density at radius 2 is 1.87 bits per heavy atom. The zero-order chi connectivity index (χ0) is 15.8. The molecule has 4 fully saturated rings. The number of hydrogen-bond acceptors (Lipinski definition) is 5. The lowest BCUT2D eigenvalue weighted by Crippen LogP contribution is -2.61. The number of ketones is 1. The maximum Gasteiger partial charge on any atom is 0.289 e. The molecule has 0 aromatic carbocycles. The fourth-order valence-electron chi connectivity index (χ4n) is 4.09. The summed E-state index contributed by atoms with van der Waals surface area (Å²) in [5.41, 5.74) is 0. The van der Waals surface area contributed by atoms with Gasteiger partial charge in [-0.25, -0.2) is 0 Å². The van der Waals surface area contributed by atoms with Crippen LogP contribution >= 0.6 is 0 Å². The highest BCUT2D eigenvalue weighted by Gasteiger charge is 2.41. The summed E-state index contributed by atoms with van der Waals surface area (Å²) in [6, 6.07) is 3.52. The molecule has 2 bridgehead atoms. The summed E-state index contributed by atoms with van der Waals surface area (Å²) in [7, 11) is 0. The lowest BCUT2D eigenvalue weighted by atomic mass is 9.82. The van der Waals surface area contributed by atoms with E-state index in [0.717, 1.165) is 45.6 Å². The predicted octanol–water partition coefficient (Wildman–Crippen LogP) is 0.701. The van der Waals surface area contributed by atoms with Gasteiger partial charge in [0.2, 0.25) is 0 Å². The Labute approximate surface area is 136 Å². The summed E-state index contributed by atoms with van der Waals surface area (Å²) in [5.74, 6) is 1.11. The van der Waals surface area contributed by atoms with E-state index in [2.05, 4.69) is 9.80 Å². The Kier molecular flexibility index (Phi) is 3.95. The van der Waals surface area contributed by atoms with Crippen LogP contribution in [0.3, 0.4) is 0 Å². The number of carbonyl (C=O) groups is 2. The van der Waals surface area contributed by atoms with Gasteiger partial charge in [-0.3, -0.25) is 19.4 Å². The first-order valence-corrected chi connectivity index (χ1v) is 8.55. The van der Waals surface area contributed by atoms with E-state index in [0.29, 0.717) is 30.6 Å². The van der Waals surface area contributed by atoms with Crippen LogP contribution in [0, 0.1) is 5.92 Å². The van der Waals surface area contributed by atoms with Crippen LogP contribution in [0.25, 0.3) is 0 Å². The third-order valence-corrected chi connectivity index (χ3v) is 5.52. The number of nitrogens with zero attached hydrogens (tertiary/aromatic N) is 3. The first-order valence-electron chi connectivity index (χ1n) is 8.55. The number of piperidine rings is 3. The lowest BCUT2D eigenvalue weighted by Gasteiger charge is -2.46. The summed E-state index contributed by atoms with van der Waals surface area (Å²) in [5, 5.41) is 0. The minimum Gasteiger partial charge on any atom is -0.459 e. The van der Waals surface area contributed by atoms with Gasteiger partial charge in [-0.1, -0.05) is 0 Å². The number of furan rings is 1. The van der Waals surface area contributed by atoms with E-state index in [4.69, 9.17) is 4.42 Å². The molecule has 1 amide bonds. The molecule has 0 N–H and O–H groups in total. The molecule has 1 aromatic rings. The van der Waals surface area contributed by atoms with Gasteiger partial charge in [-0.2, -0.15) is 0 Å². The lowest BCUT2D eigenvalue weighted by molar-refractivity contribution is -0.138. The number of rotatable bonds is 3. The second-order valence-corrected chi connectivity index (χ2v) is 6.80. The Hall–Kier alpha value is -1.66. The van der Waals surface area contributed by atoms with Crippen LogP contribution < -0.4 is 0 Å². The van der Waals surface area contributed by atoms with Crippen LogP contribution in [0.15, 0.2) is 22.8 Å². The van der Waals surface area contributed by atoms with Crippen LogP contribution in [0.5, 0.6) is 0 Å². The highest BCUT2D eigenvalue weighted by Crippen LogP contribution is 2.29. The molecule has 23 heavy (non-hydrogen) atoms. The second-order valence-electron chi connectivity index (χ2n) is 6.80. The summed E-state index contributed by atoms with van der Waals surface area (Å²) in [6.45, 7) is 6.01. The second kappa shape index (κ2) is 6.09. The van der Waals surface area contributed by atoms with Crippen molar-refractivity contribution in [2.75, 3.05) is 45.8 Å². The third kappa shape index (κ3) is 2.81. The summed E-state index contributed by atoms with van der Waals surface area (Å²) >= 11 is 0. The van der Waals surface area contributed by atoms with E-state index >= 15 is 0 Å². The van der Waals surface area contributed by atoms with E-state index in [1.807, 2.05) is 4.90 Å². The Bertz CT molecular complexity index is 570. The fourth-order valence-corrected chi connectivity index (χ4v) is 4.09. The van der Waals surface area contributed by atoms with Crippen molar-refractivity contribution in [1.82, 2.24) is 14.7 Å². The Balaban J connectivity index is 1.32. The molecule has 6 heteroatoms. The molecule has 4 aliphatic heterocycles. The number of piperazine rings is 1. The van der Waals surface area contributed by atoms with Crippen molar-refractivity contribution in [2.24, 2.45) is 5.92 Å². The van der Waals surface area contributed by atoms with Crippen molar-refractivity contribution in [2.45, 2.75) is 18.9 Å². The number of hydrogen-bond donors (Lipinski definition) is 0. The molecule has 0 saturated carbocycles. The van der Waals surface area contributed by atoms with Crippen molar-refractivity contribution < 1.29 is 14.0 Å². The average Bonchev–Trinajstić information content (AvgIpc) is 3.13. The molecule has 5 rings (SSSR count). The SMILES string of the molecule is O=C1C2CCN(CC2)C1CN1CCN(C(=O)c2ccco2)CC1. The molecule has 1 unspecified atom stereocenters. The molecular weight excluding hydrogens is 294 g/mol. The molecule has 1 atom stereocenters. The summed E-state index contributed by atoms with van der Waals surface area (Å²) < 4.78 is 5.19. The maximum atomic E-state index is 12.4. The average molecular weight is 317 g/mol. The van der Waals surface area contributed by atoms with Crippen LogP contribution in [0.1, 0.15) is 23.4 Å². The first-order chi connectivity index (χ1) is 11.2. The number of fused-ring (bicyclic) bond motifs is 3. The molecule has 6 nitrogen and oxygen atoms in total. The van der Waals surface area contributed by atoms with Crippen molar-refractivity contribution in [3.63, 3.8) is 0 Å². The van der Waals surface area contributed by atoms with Crippen molar-refractivity contribution in [1.29, 1.82) is 0 Å². The molecule has 5 heterocycles. The monoisotopic (exact) mass is 317 g/mol. The van der Waals surface area contributed by atoms with Crippen molar-refractivity contribution in [3.8, 4) is 0 Å². The smallest absolute Gasteiger partial charge is 0.289 e. The van der Waals surface area contributed by atoms with E-state index in [9.17, 15) is 9.59 Å². The van der Waals surface area contributed by atoms with Crippen molar-refractivity contribution >= 4 is 11.7 Å². The predicted molar refractivity (Wildman–Crippen MR) is 84.1 cm³/mol. The van der Waals surface area contributed by atoms with Gasteiger partial charge in [-0.05, 0) is 38.1 Å². The summed E-state index contributed by atoms with van der Waals surface area (Å²) in [4.78, 5) is 31.2. The zero-order valence-electron chi connectivity index (χ0n) is 13.3. The van der Waals surface area contributed by atoms with Gasteiger partial charge in [0.25, 0.3) is 5.91 Å². The van der Waals surface area contributed by atoms with Crippen LogP contribution in [0.4, 0.5) is 0 Å². The summed E-state index contributed by atoms with van der Waals surface area (Å²) in [6.07, 6.45) is 3.61. The van der Waals surface area contributed by atoms with Gasteiger partial charge in [0.15, 0.2) is 11.5 Å². The normalized spacial score (nSPS) is 31.6. The molecule has 124 valence electrons. The van der Waals surface area contributed by atoms with Gasteiger partial charge in [0, 0.05) is 38.6 Å². The molecule has 0 radical (unpaired) electrons. The molecule has 0 aliphatic carbocycles. The van der Waals surface area contributed by atoms with Gasteiger partial charge < -0.3 is 9.32 Å². The quantitative estimate of drug-likeness (QED) is 0.821. The van der Waals surface area contributed by atoms with Crippen molar-refractivity contribution in [3.05, 3.63) is 24.2 Å². The topological polar surface area (TPSA) is 57.0 Å². The largest absolute Gasteiger partial charge is 0.459 e. The Morgan fingerprint density at radius 3 is 2.48 bits per heavy atom. The minimum atomic E-state index is -0.0359. The Morgan fingerprint density at radius 1 is 1.13 bits per heavy atom. The fraction of sp³-hybridized carbons (Fsp3) is 0.647. The molecule has 4 saturated heterocycles. The van der Waals surface area contributed by atoms with Gasteiger partial charge >= 0.3 is 0 Å². The third-order valence-electron chi connectivity index (χ3n) is 5.52. The van der Waals surface area contributed by atoms with E-state index in [1.54, 1.807) is 12.1 Å². The van der Waals surface area contributed by atoms with Gasteiger partial charge in [0.05, 0.1) is 12.3 Å². The standard InChI is InChI=1S/C17H23N3O3/c21-16-13-3-5-19(6-4-13)14(16)12-18-7-9-20(10-8-18)17(22)15-2-1-11-23-15/h1-2,11,13-14H,3-10,12H2. The van der Waals surface area contributed by atoms with Crippen LogP contribution in [0.2, 0.25) is 0 Å². The number of amides is 1. The van der Waals surface area contributed by atoms with E-state index in [1.165, 1.54) is 6.26 Å². The molecule has 1 aromatic heterocycles. The maximum absolute atomic E-state index is 12.4. The van der Waals surface area contributed by atoms with Crippen LogP contribution in [-0.2, 0) is 4.79 Å². The van der Waals surface area contributed by atoms with E-state index in [-0.39, 0.29) is 11.9 Å². The molecule has 4 aliphatic rings. The van der Waals surface area contributed by atoms with Gasteiger partial charge in [-0.15, -0.1) is 0 Å². The molecular formula is C17H23N3O3.